The second kappa shape index (κ2) is 12.9. The minimum Gasteiger partial charge on any atom is -0.324 e. The van der Waals surface area contributed by atoms with Crippen molar-refractivity contribution >= 4 is 136 Å². The fourth-order valence-electron chi connectivity index (χ4n) is 3.27. The fraction of sp³-hybridized carbons (Fsp3) is 0.0500. The molecule has 0 amide bonds. The molecular weight excluding hydrogens is 601 g/mol. The van der Waals surface area contributed by atoms with Gasteiger partial charge in [-0.3, -0.25) is 9.11 Å². The van der Waals surface area contributed by atoms with Crippen LogP contribution in [0.5, 0.6) is 0 Å². The van der Waals surface area contributed by atoms with Gasteiger partial charge in [-0.15, -0.1) is 0 Å². The Labute approximate surface area is 271 Å². The van der Waals surface area contributed by atoms with Crippen molar-refractivity contribution in [3.05, 3.63) is 64.7 Å². The van der Waals surface area contributed by atoms with Crippen LogP contribution in [0.1, 0.15) is 5.56 Å². The van der Waals surface area contributed by atoms with Gasteiger partial charge >= 0.3 is 0 Å². The van der Waals surface area contributed by atoms with Crippen LogP contribution in [-0.4, -0.2) is 100 Å². The third-order valence-corrected chi connectivity index (χ3v) is 6.91. The van der Waals surface area contributed by atoms with Gasteiger partial charge in [0.05, 0.1) is 11.4 Å². The average Bonchev–Trinajstić information content (AvgIpc) is 2.75. The maximum atomic E-state index is 12.0. The number of rotatable bonds is 6. The van der Waals surface area contributed by atoms with Gasteiger partial charge in [0.25, 0.3) is 20.2 Å². The molecule has 1 heterocycles. The number of hydrogen-bond donors (Lipinski definition) is 3. The van der Waals surface area contributed by atoms with E-state index in [1.165, 1.54) is 18.2 Å². The average molecular weight is 615 g/mol. The number of azo groups is 1. The summed E-state index contributed by atoms with van der Waals surface area (Å²) in [5, 5.41) is 10.6. The normalized spacial score (nSPS) is 11.7. The van der Waals surface area contributed by atoms with E-state index >= 15 is 0 Å². The van der Waals surface area contributed by atoms with E-state index in [1.54, 1.807) is 25.1 Å². The Hall–Kier alpha value is -1.27. The summed E-state index contributed by atoms with van der Waals surface area (Å²) in [5.41, 5.74) is 1.53. The third kappa shape index (κ3) is 7.90. The summed E-state index contributed by atoms with van der Waals surface area (Å²) in [6.07, 6.45) is 0. The standard InChI is InChI=1S/C20H14Cl2N6O6S2.2Na/c1-10-7-11(23-20-25-18(21)24-19(22)26-20)5-6-15(10)28-27-12-8-14-13(17(9-12)36(32,33)34)3-2-4-16(14)35(29,30)31;;/h2-9H,1H3,(H,29,30,31)(H,32,33,34)(H,23,24,25,26);;. The predicted molar refractivity (Wildman–Crippen MR) is 144 cm³/mol. The van der Waals surface area contributed by atoms with E-state index in [9.17, 15) is 25.9 Å². The van der Waals surface area contributed by atoms with E-state index in [-0.39, 0.29) is 92.1 Å². The second-order valence-electron chi connectivity index (χ2n) is 7.27. The Balaban J connectivity index is 0.00000253. The molecule has 18 heteroatoms. The molecule has 0 aliphatic heterocycles. The summed E-state index contributed by atoms with van der Waals surface area (Å²) in [7, 11) is -9.47. The van der Waals surface area contributed by atoms with Crippen LogP contribution in [0.4, 0.5) is 23.0 Å². The third-order valence-electron chi connectivity index (χ3n) is 4.77. The molecule has 38 heavy (non-hydrogen) atoms. The SMILES string of the molecule is Cc1cc(Nc2nc(Cl)nc(Cl)n2)ccc1N=Nc1cc(S(=O)(=O)O)c2cccc(S(=O)(=O)O)c2c1.[Na].[Na]. The van der Waals surface area contributed by atoms with Gasteiger partial charge in [0.1, 0.15) is 9.79 Å². The Morgan fingerprint density at radius 2 is 1.42 bits per heavy atom. The van der Waals surface area contributed by atoms with Crippen molar-refractivity contribution in [1.82, 2.24) is 15.0 Å². The molecule has 0 aliphatic carbocycles. The molecule has 3 aromatic carbocycles. The number of aryl methyl sites for hydroxylation is 1. The number of halogens is 2. The zero-order valence-corrected chi connectivity index (χ0v) is 27.1. The van der Waals surface area contributed by atoms with Crippen molar-refractivity contribution in [3.63, 3.8) is 0 Å². The minimum absolute atomic E-state index is 0. The Kier molecular flexibility index (Phi) is 11.2. The molecule has 1 aromatic heterocycles. The van der Waals surface area contributed by atoms with Crippen LogP contribution in [0.2, 0.25) is 10.6 Å². The summed E-state index contributed by atoms with van der Waals surface area (Å²) in [6, 6.07) is 10.8. The molecule has 12 nitrogen and oxygen atoms in total. The fourth-order valence-corrected chi connectivity index (χ4v) is 5.06. The number of anilines is 2. The molecule has 3 N–H and O–H groups in total. The molecular formula is C20H14Cl2N6Na2O6S2. The van der Waals surface area contributed by atoms with Crippen LogP contribution in [0.25, 0.3) is 10.8 Å². The Morgan fingerprint density at radius 3 is 2.00 bits per heavy atom. The van der Waals surface area contributed by atoms with Crippen LogP contribution in [0, 0.1) is 6.92 Å². The predicted octanol–water partition coefficient (Wildman–Crippen LogP) is 4.53. The summed E-state index contributed by atoms with van der Waals surface area (Å²) in [4.78, 5) is 10.3. The molecule has 0 saturated carbocycles. The summed E-state index contributed by atoms with van der Waals surface area (Å²) < 4.78 is 66.7. The molecule has 0 unspecified atom stereocenters. The van der Waals surface area contributed by atoms with E-state index in [0.29, 0.717) is 16.9 Å². The molecule has 0 aliphatic rings. The van der Waals surface area contributed by atoms with Gasteiger partial charge in [0, 0.05) is 75.6 Å². The van der Waals surface area contributed by atoms with Gasteiger partial charge in [-0.05, 0) is 72.1 Å². The quantitative estimate of drug-likeness (QED) is 0.158. The van der Waals surface area contributed by atoms with E-state index < -0.39 is 30.0 Å². The molecule has 188 valence electrons. The Morgan fingerprint density at radius 1 is 0.789 bits per heavy atom. The van der Waals surface area contributed by atoms with Crippen molar-refractivity contribution in [2.75, 3.05) is 5.32 Å². The van der Waals surface area contributed by atoms with Crippen LogP contribution >= 0.6 is 23.2 Å². The summed E-state index contributed by atoms with van der Waals surface area (Å²) in [6.45, 7) is 1.73. The maximum Gasteiger partial charge on any atom is 0.295 e. The van der Waals surface area contributed by atoms with Crippen molar-refractivity contribution in [1.29, 1.82) is 0 Å². The Bertz CT molecular complexity index is 1760. The zero-order valence-electron chi connectivity index (χ0n) is 20.0. The van der Waals surface area contributed by atoms with Gasteiger partial charge in [-0.1, -0.05) is 12.1 Å². The van der Waals surface area contributed by atoms with Crippen LogP contribution in [0.3, 0.4) is 0 Å². The van der Waals surface area contributed by atoms with Crippen LogP contribution in [-0.2, 0) is 20.2 Å². The maximum absolute atomic E-state index is 12.0. The number of aromatic nitrogens is 3. The molecule has 0 spiro atoms. The van der Waals surface area contributed by atoms with Crippen molar-refractivity contribution in [2.45, 2.75) is 16.7 Å². The summed E-state index contributed by atoms with van der Waals surface area (Å²) >= 11 is 11.5. The topological polar surface area (TPSA) is 184 Å². The van der Waals surface area contributed by atoms with Gasteiger partial charge in [0.2, 0.25) is 16.5 Å². The van der Waals surface area contributed by atoms with E-state index in [1.807, 2.05) is 0 Å². The van der Waals surface area contributed by atoms with Gasteiger partial charge < -0.3 is 5.32 Å². The van der Waals surface area contributed by atoms with E-state index in [0.717, 1.165) is 12.1 Å². The zero-order chi connectivity index (χ0) is 26.3. The van der Waals surface area contributed by atoms with Crippen LogP contribution < -0.4 is 5.32 Å². The van der Waals surface area contributed by atoms with E-state index in [4.69, 9.17) is 23.2 Å². The smallest absolute Gasteiger partial charge is 0.295 e. The van der Waals surface area contributed by atoms with Gasteiger partial charge in [-0.25, -0.2) is 0 Å². The first kappa shape index (κ1) is 32.9. The first-order valence-corrected chi connectivity index (χ1v) is 13.3. The van der Waals surface area contributed by atoms with Crippen molar-refractivity contribution in [3.8, 4) is 0 Å². The molecule has 0 bridgehead atoms. The number of hydrogen-bond acceptors (Lipinski definition) is 10. The molecule has 4 aromatic rings. The van der Waals surface area contributed by atoms with Gasteiger partial charge in [-0.2, -0.15) is 42.0 Å². The largest absolute Gasteiger partial charge is 0.324 e. The number of nitrogens with zero attached hydrogens (tertiary/aromatic N) is 5. The minimum atomic E-state index is -4.77. The number of fused-ring (bicyclic) bond motifs is 1. The molecule has 2 radical (unpaired) electrons. The number of nitrogens with one attached hydrogen (secondary N) is 1. The van der Waals surface area contributed by atoms with Crippen LogP contribution in [0.15, 0.2) is 68.6 Å². The monoisotopic (exact) mass is 614 g/mol. The second-order valence-corrected chi connectivity index (χ2v) is 10.7. The molecule has 0 atom stereocenters. The number of benzene rings is 3. The van der Waals surface area contributed by atoms with Crippen molar-refractivity contribution < 1.29 is 25.9 Å². The molecule has 0 fully saturated rings. The first-order chi connectivity index (χ1) is 16.8. The molecule has 0 saturated heterocycles. The molecule has 4 rings (SSSR count). The van der Waals surface area contributed by atoms with Gasteiger partial charge in [0.15, 0.2) is 0 Å². The van der Waals surface area contributed by atoms with E-state index in [2.05, 4.69) is 30.5 Å². The summed E-state index contributed by atoms with van der Waals surface area (Å²) in [5.74, 6) is 0.123. The van der Waals surface area contributed by atoms with Crippen molar-refractivity contribution in [2.24, 2.45) is 10.2 Å². The first-order valence-electron chi connectivity index (χ1n) is 9.69.